The summed E-state index contributed by atoms with van der Waals surface area (Å²) < 4.78 is 0. The summed E-state index contributed by atoms with van der Waals surface area (Å²) in [6.07, 6.45) is 1.65. The molecule has 0 aliphatic rings. The van der Waals surface area contributed by atoms with Gasteiger partial charge in [0.2, 0.25) is 5.78 Å². The normalized spacial score (nSPS) is 10.1. The number of nitrogens with zero attached hydrogens (tertiary/aromatic N) is 1. The van der Waals surface area contributed by atoms with Crippen molar-refractivity contribution >= 4 is 17.1 Å². The standard InChI is InChI=1S/C11H9NOS/c1-8-3-2-4-9(7-8)10(13)11-12-5-6-14-11/h2-7H,1H3. The number of hydrogen-bond donors (Lipinski definition) is 0. The van der Waals surface area contributed by atoms with Gasteiger partial charge in [0.15, 0.2) is 5.01 Å². The molecule has 1 aromatic carbocycles. The van der Waals surface area contributed by atoms with E-state index in [1.165, 1.54) is 11.3 Å². The lowest BCUT2D eigenvalue weighted by molar-refractivity contribution is 0.103. The maximum absolute atomic E-state index is 11.8. The second kappa shape index (κ2) is 3.72. The van der Waals surface area contributed by atoms with E-state index in [0.29, 0.717) is 10.6 Å². The van der Waals surface area contributed by atoms with Crippen LogP contribution in [0, 0.1) is 6.92 Å². The second-order valence-corrected chi connectivity index (χ2v) is 3.93. The van der Waals surface area contributed by atoms with Gasteiger partial charge in [-0.25, -0.2) is 4.98 Å². The highest BCUT2D eigenvalue weighted by Gasteiger charge is 2.10. The summed E-state index contributed by atoms with van der Waals surface area (Å²) in [6, 6.07) is 7.55. The fourth-order valence-electron chi connectivity index (χ4n) is 1.25. The Morgan fingerprint density at radius 1 is 1.43 bits per heavy atom. The highest BCUT2D eigenvalue weighted by atomic mass is 32.1. The Bertz CT molecular complexity index is 448. The topological polar surface area (TPSA) is 30.0 Å². The molecule has 0 bridgehead atoms. The zero-order chi connectivity index (χ0) is 9.97. The Morgan fingerprint density at radius 3 is 2.93 bits per heavy atom. The van der Waals surface area contributed by atoms with E-state index in [2.05, 4.69) is 4.98 Å². The molecule has 0 aliphatic heterocycles. The molecular formula is C11H9NOS. The van der Waals surface area contributed by atoms with Gasteiger partial charge in [-0.15, -0.1) is 11.3 Å². The van der Waals surface area contributed by atoms with Gasteiger partial charge in [-0.3, -0.25) is 4.79 Å². The Hall–Kier alpha value is -1.48. The molecular weight excluding hydrogens is 194 g/mol. The average Bonchev–Trinajstić information content (AvgIpc) is 2.69. The molecule has 70 valence electrons. The number of carbonyl (C=O) groups is 1. The third-order valence-electron chi connectivity index (χ3n) is 1.91. The fourth-order valence-corrected chi connectivity index (χ4v) is 1.84. The molecule has 0 amide bonds. The number of ketones is 1. The lowest BCUT2D eigenvalue weighted by atomic mass is 10.1. The van der Waals surface area contributed by atoms with E-state index in [9.17, 15) is 4.79 Å². The summed E-state index contributed by atoms with van der Waals surface area (Å²) in [5.41, 5.74) is 1.80. The van der Waals surface area contributed by atoms with Gasteiger partial charge >= 0.3 is 0 Å². The molecule has 3 heteroatoms. The third-order valence-corrected chi connectivity index (χ3v) is 2.68. The molecule has 2 rings (SSSR count). The second-order valence-electron chi connectivity index (χ2n) is 3.04. The molecule has 0 fully saturated rings. The first kappa shape index (κ1) is 9.09. The van der Waals surface area contributed by atoms with Crippen molar-refractivity contribution in [3.05, 3.63) is 52.0 Å². The predicted molar refractivity (Wildman–Crippen MR) is 56.7 cm³/mol. The zero-order valence-electron chi connectivity index (χ0n) is 7.73. The largest absolute Gasteiger partial charge is 0.286 e. The Labute approximate surface area is 86.2 Å². The Balaban J connectivity index is 2.37. The van der Waals surface area contributed by atoms with Crippen LogP contribution in [0.2, 0.25) is 0 Å². The highest BCUT2D eigenvalue weighted by Crippen LogP contribution is 2.13. The van der Waals surface area contributed by atoms with Crippen molar-refractivity contribution in [2.45, 2.75) is 6.92 Å². The van der Waals surface area contributed by atoms with Crippen LogP contribution in [0.15, 0.2) is 35.8 Å². The van der Waals surface area contributed by atoms with Crippen LogP contribution >= 0.6 is 11.3 Å². The maximum Gasteiger partial charge on any atom is 0.221 e. The van der Waals surface area contributed by atoms with Gasteiger partial charge in [-0.1, -0.05) is 23.8 Å². The summed E-state index contributed by atoms with van der Waals surface area (Å²) in [5, 5.41) is 2.36. The molecule has 2 nitrogen and oxygen atoms in total. The SMILES string of the molecule is Cc1cccc(C(=O)c2nccs2)c1. The molecule has 0 unspecified atom stereocenters. The van der Waals surface area contributed by atoms with E-state index in [1.54, 1.807) is 6.20 Å². The lowest BCUT2D eigenvalue weighted by Crippen LogP contribution is -2.00. The van der Waals surface area contributed by atoms with Crippen molar-refractivity contribution in [1.82, 2.24) is 4.98 Å². The first-order chi connectivity index (χ1) is 6.77. The van der Waals surface area contributed by atoms with Gasteiger partial charge in [-0.05, 0) is 13.0 Å². The quantitative estimate of drug-likeness (QED) is 0.702. The van der Waals surface area contributed by atoms with Crippen LogP contribution in [0.3, 0.4) is 0 Å². The minimum Gasteiger partial charge on any atom is -0.286 e. The van der Waals surface area contributed by atoms with E-state index in [-0.39, 0.29) is 5.78 Å². The summed E-state index contributed by atoms with van der Waals surface area (Å²) in [5.74, 6) is 0.00343. The number of aryl methyl sites for hydroxylation is 1. The number of aromatic nitrogens is 1. The number of thiazole rings is 1. The van der Waals surface area contributed by atoms with Crippen LogP contribution in [0.1, 0.15) is 20.9 Å². The molecule has 0 aliphatic carbocycles. The van der Waals surface area contributed by atoms with E-state index in [4.69, 9.17) is 0 Å². The van der Waals surface area contributed by atoms with E-state index >= 15 is 0 Å². The van der Waals surface area contributed by atoms with Crippen molar-refractivity contribution in [3.63, 3.8) is 0 Å². The average molecular weight is 203 g/mol. The highest BCUT2D eigenvalue weighted by molar-refractivity contribution is 7.11. The van der Waals surface area contributed by atoms with Gasteiger partial charge in [0.1, 0.15) is 0 Å². The molecule has 2 aromatic rings. The minimum atomic E-state index is 0.00343. The predicted octanol–water partition coefficient (Wildman–Crippen LogP) is 2.68. The molecule has 0 N–H and O–H groups in total. The summed E-state index contributed by atoms with van der Waals surface area (Å²) in [6.45, 7) is 1.97. The lowest BCUT2D eigenvalue weighted by Gasteiger charge is -1.97. The van der Waals surface area contributed by atoms with Gasteiger partial charge in [-0.2, -0.15) is 0 Å². The van der Waals surface area contributed by atoms with E-state index in [0.717, 1.165) is 5.56 Å². The van der Waals surface area contributed by atoms with Crippen molar-refractivity contribution in [2.75, 3.05) is 0 Å². The molecule has 1 aromatic heterocycles. The van der Waals surface area contributed by atoms with Crippen LogP contribution in [0.5, 0.6) is 0 Å². The first-order valence-electron chi connectivity index (χ1n) is 4.28. The molecule has 0 atom stereocenters. The number of carbonyl (C=O) groups excluding carboxylic acids is 1. The van der Waals surface area contributed by atoms with Crippen LogP contribution < -0.4 is 0 Å². The van der Waals surface area contributed by atoms with Crippen molar-refractivity contribution < 1.29 is 4.79 Å². The Kier molecular flexibility index (Phi) is 2.41. The van der Waals surface area contributed by atoms with Crippen LogP contribution in [0.25, 0.3) is 0 Å². The smallest absolute Gasteiger partial charge is 0.221 e. The maximum atomic E-state index is 11.8. The summed E-state index contributed by atoms with van der Waals surface area (Å²) in [4.78, 5) is 15.8. The van der Waals surface area contributed by atoms with Crippen LogP contribution in [-0.4, -0.2) is 10.8 Å². The van der Waals surface area contributed by atoms with E-state index < -0.39 is 0 Å². The molecule has 0 spiro atoms. The van der Waals surface area contributed by atoms with Gasteiger partial charge < -0.3 is 0 Å². The molecule has 0 saturated carbocycles. The van der Waals surface area contributed by atoms with Gasteiger partial charge in [0.25, 0.3) is 0 Å². The minimum absolute atomic E-state index is 0.00343. The molecule has 14 heavy (non-hydrogen) atoms. The van der Waals surface area contributed by atoms with Crippen molar-refractivity contribution in [2.24, 2.45) is 0 Å². The van der Waals surface area contributed by atoms with Crippen molar-refractivity contribution in [3.8, 4) is 0 Å². The molecule has 0 saturated heterocycles. The Morgan fingerprint density at radius 2 is 2.29 bits per heavy atom. The third kappa shape index (κ3) is 1.72. The van der Waals surface area contributed by atoms with Gasteiger partial charge in [0.05, 0.1) is 0 Å². The summed E-state index contributed by atoms with van der Waals surface area (Å²) in [7, 11) is 0. The number of rotatable bonds is 2. The number of benzene rings is 1. The van der Waals surface area contributed by atoms with E-state index in [1.807, 2.05) is 36.6 Å². The first-order valence-corrected chi connectivity index (χ1v) is 5.16. The molecule has 0 radical (unpaired) electrons. The van der Waals surface area contributed by atoms with Gasteiger partial charge in [0, 0.05) is 17.1 Å². The fraction of sp³-hybridized carbons (Fsp3) is 0.0909. The number of hydrogen-bond acceptors (Lipinski definition) is 3. The zero-order valence-corrected chi connectivity index (χ0v) is 8.54. The van der Waals surface area contributed by atoms with Crippen LogP contribution in [-0.2, 0) is 0 Å². The molecule has 1 heterocycles. The van der Waals surface area contributed by atoms with Crippen LogP contribution in [0.4, 0.5) is 0 Å². The monoisotopic (exact) mass is 203 g/mol. The summed E-state index contributed by atoms with van der Waals surface area (Å²) >= 11 is 1.37. The van der Waals surface area contributed by atoms with Crippen molar-refractivity contribution in [1.29, 1.82) is 0 Å².